The SMILES string of the molecule is CC(C(=O)NC(C)(C)C)N1CCN(C(C)(C)C#N)CC1. The minimum Gasteiger partial charge on any atom is -0.350 e. The molecule has 0 spiro atoms. The van der Waals surface area contributed by atoms with Crippen molar-refractivity contribution in [1.82, 2.24) is 15.1 Å². The second kappa shape index (κ2) is 6.11. The van der Waals surface area contributed by atoms with Gasteiger partial charge in [-0.2, -0.15) is 5.26 Å². The standard InChI is InChI=1S/C15H28N4O/c1-12(13(20)17-14(2,3)4)18-7-9-19(10-8-18)15(5,6)11-16/h12H,7-10H2,1-6H3,(H,17,20). The molecule has 5 heteroatoms. The molecule has 1 amide bonds. The summed E-state index contributed by atoms with van der Waals surface area (Å²) in [5.74, 6) is 0.0745. The Hall–Kier alpha value is -1.12. The molecule has 0 aromatic rings. The molecule has 1 rings (SSSR count). The van der Waals surface area contributed by atoms with Gasteiger partial charge in [-0.1, -0.05) is 0 Å². The molecule has 0 aliphatic carbocycles. The monoisotopic (exact) mass is 280 g/mol. The van der Waals surface area contributed by atoms with E-state index in [1.165, 1.54) is 0 Å². The number of carbonyl (C=O) groups excluding carboxylic acids is 1. The van der Waals surface area contributed by atoms with Crippen LogP contribution in [0.2, 0.25) is 0 Å². The zero-order chi connectivity index (χ0) is 15.6. The van der Waals surface area contributed by atoms with Crippen LogP contribution >= 0.6 is 0 Å². The van der Waals surface area contributed by atoms with Crippen LogP contribution in [-0.2, 0) is 4.79 Å². The van der Waals surface area contributed by atoms with Crippen molar-refractivity contribution in [3.8, 4) is 6.07 Å². The fraction of sp³-hybridized carbons (Fsp3) is 0.867. The Morgan fingerprint density at radius 3 is 2.05 bits per heavy atom. The van der Waals surface area contributed by atoms with E-state index in [9.17, 15) is 4.79 Å². The summed E-state index contributed by atoms with van der Waals surface area (Å²) >= 11 is 0. The molecular formula is C15H28N4O. The lowest BCUT2D eigenvalue weighted by Gasteiger charge is -2.42. The van der Waals surface area contributed by atoms with Crippen LogP contribution in [0.1, 0.15) is 41.5 Å². The van der Waals surface area contributed by atoms with Crippen molar-refractivity contribution < 1.29 is 4.79 Å². The van der Waals surface area contributed by atoms with Gasteiger partial charge in [0.2, 0.25) is 5.91 Å². The number of nitrogens with one attached hydrogen (secondary N) is 1. The third-order valence-corrected chi connectivity index (χ3v) is 3.80. The predicted molar refractivity (Wildman–Crippen MR) is 80.2 cm³/mol. The molecular weight excluding hydrogens is 252 g/mol. The Morgan fingerprint density at radius 1 is 1.15 bits per heavy atom. The quantitative estimate of drug-likeness (QED) is 0.844. The fourth-order valence-electron chi connectivity index (χ4n) is 2.38. The normalized spacial score (nSPS) is 20.2. The van der Waals surface area contributed by atoms with Crippen molar-refractivity contribution in [2.45, 2.75) is 58.7 Å². The number of nitriles is 1. The molecule has 20 heavy (non-hydrogen) atoms. The molecule has 0 radical (unpaired) electrons. The van der Waals surface area contributed by atoms with E-state index in [0.29, 0.717) is 0 Å². The minimum absolute atomic E-state index is 0.0745. The Bertz CT molecular complexity index is 384. The fourth-order valence-corrected chi connectivity index (χ4v) is 2.38. The van der Waals surface area contributed by atoms with Crippen molar-refractivity contribution >= 4 is 5.91 Å². The molecule has 1 aliphatic rings. The number of nitrogens with zero attached hydrogens (tertiary/aromatic N) is 3. The van der Waals surface area contributed by atoms with Crippen LogP contribution in [0.15, 0.2) is 0 Å². The second-order valence-electron chi connectivity index (χ2n) is 7.11. The third kappa shape index (κ3) is 4.46. The first-order valence-electron chi connectivity index (χ1n) is 7.29. The van der Waals surface area contributed by atoms with Gasteiger partial charge in [0.15, 0.2) is 0 Å². The lowest BCUT2D eigenvalue weighted by atomic mass is 10.0. The minimum atomic E-state index is -0.428. The number of hydrogen-bond acceptors (Lipinski definition) is 4. The molecule has 1 atom stereocenters. The van der Waals surface area contributed by atoms with Crippen LogP contribution in [-0.4, -0.2) is 59.0 Å². The van der Waals surface area contributed by atoms with Gasteiger partial charge in [0, 0.05) is 31.7 Å². The van der Waals surface area contributed by atoms with Crippen molar-refractivity contribution in [1.29, 1.82) is 5.26 Å². The highest BCUT2D eigenvalue weighted by Gasteiger charge is 2.33. The smallest absolute Gasteiger partial charge is 0.237 e. The summed E-state index contributed by atoms with van der Waals surface area (Å²) in [4.78, 5) is 16.5. The van der Waals surface area contributed by atoms with Gasteiger partial charge in [-0.3, -0.25) is 14.6 Å². The molecule has 0 saturated carbocycles. The van der Waals surface area contributed by atoms with E-state index < -0.39 is 5.54 Å². The third-order valence-electron chi connectivity index (χ3n) is 3.80. The molecule has 1 heterocycles. The topological polar surface area (TPSA) is 59.4 Å². The molecule has 0 aromatic heterocycles. The molecule has 0 bridgehead atoms. The van der Waals surface area contributed by atoms with Gasteiger partial charge < -0.3 is 5.32 Å². The van der Waals surface area contributed by atoms with Crippen molar-refractivity contribution in [3.05, 3.63) is 0 Å². The lowest BCUT2D eigenvalue weighted by molar-refractivity contribution is -0.128. The van der Waals surface area contributed by atoms with Gasteiger partial charge in [0.1, 0.15) is 5.54 Å². The van der Waals surface area contributed by atoms with Crippen LogP contribution < -0.4 is 5.32 Å². The van der Waals surface area contributed by atoms with Gasteiger partial charge >= 0.3 is 0 Å². The van der Waals surface area contributed by atoms with Crippen LogP contribution in [0.3, 0.4) is 0 Å². The summed E-state index contributed by atoms with van der Waals surface area (Å²) in [5, 5.41) is 12.2. The molecule has 1 unspecified atom stereocenters. The molecule has 1 N–H and O–H groups in total. The summed E-state index contributed by atoms with van der Waals surface area (Å²) in [6.45, 7) is 15.1. The zero-order valence-electron chi connectivity index (χ0n) is 13.7. The predicted octanol–water partition coefficient (Wildman–Crippen LogP) is 1.21. The highest BCUT2D eigenvalue weighted by atomic mass is 16.2. The van der Waals surface area contributed by atoms with Crippen LogP contribution in [0, 0.1) is 11.3 Å². The highest BCUT2D eigenvalue weighted by Crippen LogP contribution is 2.17. The Balaban J connectivity index is 2.54. The molecule has 1 fully saturated rings. The summed E-state index contributed by atoms with van der Waals surface area (Å²) < 4.78 is 0. The zero-order valence-corrected chi connectivity index (χ0v) is 13.7. The largest absolute Gasteiger partial charge is 0.350 e. The Labute approximate surface area is 122 Å². The number of carbonyl (C=O) groups is 1. The van der Waals surface area contributed by atoms with E-state index in [1.54, 1.807) is 0 Å². The molecule has 1 saturated heterocycles. The van der Waals surface area contributed by atoms with E-state index in [4.69, 9.17) is 5.26 Å². The first-order chi connectivity index (χ1) is 9.07. The maximum atomic E-state index is 12.2. The lowest BCUT2D eigenvalue weighted by Crippen LogP contribution is -2.59. The number of amides is 1. The van der Waals surface area contributed by atoms with Crippen LogP contribution in [0.4, 0.5) is 0 Å². The van der Waals surface area contributed by atoms with Gasteiger partial charge in [0.05, 0.1) is 12.1 Å². The highest BCUT2D eigenvalue weighted by molar-refractivity contribution is 5.81. The number of hydrogen-bond donors (Lipinski definition) is 1. The molecule has 0 aromatic carbocycles. The van der Waals surface area contributed by atoms with Crippen molar-refractivity contribution in [2.75, 3.05) is 26.2 Å². The molecule has 5 nitrogen and oxygen atoms in total. The van der Waals surface area contributed by atoms with E-state index in [1.807, 2.05) is 41.5 Å². The van der Waals surface area contributed by atoms with Gasteiger partial charge in [-0.15, -0.1) is 0 Å². The number of piperazine rings is 1. The summed E-state index contributed by atoms with van der Waals surface area (Å²) in [7, 11) is 0. The maximum absolute atomic E-state index is 12.2. The van der Waals surface area contributed by atoms with E-state index in [-0.39, 0.29) is 17.5 Å². The second-order valence-corrected chi connectivity index (χ2v) is 7.11. The molecule has 1 aliphatic heterocycles. The average Bonchev–Trinajstić information content (AvgIpc) is 2.36. The summed E-state index contributed by atoms with van der Waals surface area (Å²) in [5.41, 5.74) is -0.626. The number of rotatable bonds is 3. The Kier molecular flexibility index (Phi) is 5.17. The maximum Gasteiger partial charge on any atom is 0.237 e. The average molecular weight is 280 g/mol. The van der Waals surface area contributed by atoms with Crippen molar-refractivity contribution in [3.63, 3.8) is 0 Å². The van der Waals surface area contributed by atoms with Gasteiger partial charge in [-0.05, 0) is 41.5 Å². The van der Waals surface area contributed by atoms with Gasteiger partial charge in [-0.25, -0.2) is 0 Å². The molecule has 114 valence electrons. The first kappa shape index (κ1) is 16.9. The summed E-state index contributed by atoms with van der Waals surface area (Å²) in [6.07, 6.45) is 0. The first-order valence-corrected chi connectivity index (χ1v) is 7.29. The van der Waals surface area contributed by atoms with E-state index in [0.717, 1.165) is 26.2 Å². The summed E-state index contributed by atoms with van der Waals surface area (Å²) in [6, 6.07) is 2.21. The van der Waals surface area contributed by atoms with Crippen LogP contribution in [0.25, 0.3) is 0 Å². The van der Waals surface area contributed by atoms with Crippen LogP contribution in [0.5, 0.6) is 0 Å². The van der Waals surface area contributed by atoms with E-state index in [2.05, 4.69) is 21.2 Å². The van der Waals surface area contributed by atoms with Crippen molar-refractivity contribution in [2.24, 2.45) is 0 Å². The van der Waals surface area contributed by atoms with Gasteiger partial charge in [0.25, 0.3) is 0 Å². The van der Waals surface area contributed by atoms with E-state index >= 15 is 0 Å². The Morgan fingerprint density at radius 2 is 1.65 bits per heavy atom.